The van der Waals surface area contributed by atoms with Gasteiger partial charge in [0.15, 0.2) is 9.84 Å². The summed E-state index contributed by atoms with van der Waals surface area (Å²) >= 11 is 0. The lowest BCUT2D eigenvalue weighted by Crippen LogP contribution is -2.39. The van der Waals surface area contributed by atoms with Crippen molar-refractivity contribution >= 4 is 9.84 Å². The Bertz CT molecular complexity index is 573. The fraction of sp³-hybridized carbons (Fsp3) is 0.786. The van der Waals surface area contributed by atoms with E-state index in [1.807, 2.05) is 12.5 Å². The zero-order valence-electron chi connectivity index (χ0n) is 12.0. The first-order valence-corrected chi connectivity index (χ1v) is 9.22. The average molecular weight is 297 g/mol. The molecule has 20 heavy (non-hydrogen) atoms. The zero-order valence-corrected chi connectivity index (χ0v) is 12.8. The van der Waals surface area contributed by atoms with Gasteiger partial charge in [-0.3, -0.25) is 0 Å². The van der Waals surface area contributed by atoms with Gasteiger partial charge in [-0.15, -0.1) is 0 Å². The molecule has 2 aliphatic rings. The van der Waals surface area contributed by atoms with Gasteiger partial charge in [-0.25, -0.2) is 13.4 Å². The van der Waals surface area contributed by atoms with Gasteiger partial charge in [0.05, 0.1) is 17.8 Å². The van der Waals surface area contributed by atoms with E-state index in [-0.39, 0.29) is 11.3 Å². The van der Waals surface area contributed by atoms with Gasteiger partial charge in [0.2, 0.25) is 0 Å². The smallest absolute Gasteiger partial charge is 0.150 e. The van der Waals surface area contributed by atoms with Gasteiger partial charge in [-0.05, 0) is 38.3 Å². The van der Waals surface area contributed by atoms with Crippen molar-refractivity contribution in [3.63, 3.8) is 0 Å². The van der Waals surface area contributed by atoms with Crippen molar-refractivity contribution in [3.05, 3.63) is 18.2 Å². The number of nitrogens with zero attached hydrogens (tertiary/aromatic N) is 2. The number of piperidine rings is 1. The first kappa shape index (κ1) is 14.1. The molecule has 5 nitrogen and oxygen atoms in total. The molecule has 1 unspecified atom stereocenters. The molecule has 2 fully saturated rings. The standard InChI is InChI=1S/C14H23N3O2S/c1-14(3-5-15-6-4-14)13-8-16-11-17(13)9-12-2-7-20(18,19)10-12/h8,11-12,15H,2-7,9-10H2,1H3. The molecule has 112 valence electrons. The number of rotatable bonds is 3. The summed E-state index contributed by atoms with van der Waals surface area (Å²) in [4.78, 5) is 4.31. The lowest BCUT2D eigenvalue weighted by molar-refractivity contribution is 0.311. The lowest BCUT2D eigenvalue weighted by Gasteiger charge is -2.35. The summed E-state index contributed by atoms with van der Waals surface area (Å²) in [6, 6.07) is 0. The first-order valence-electron chi connectivity index (χ1n) is 7.40. The fourth-order valence-corrected chi connectivity index (χ4v) is 5.35. The molecule has 0 bridgehead atoms. The maximum absolute atomic E-state index is 11.6. The summed E-state index contributed by atoms with van der Waals surface area (Å²) in [5.41, 5.74) is 1.43. The lowest BCUT2D eigenvalue weighted by atomic mass is 9.78. The van der Waals surface area contributed by atoms with Crippen LogP contribution in [0.4, 0.5) is 0 Å². The normalized spacial score (nSPS) is 28.6. The second kappa shape index (κ2) is 5.15. The third kappa shape index (κ3) is 2.76. The second-order valence-corrected chi connectivity index (χ2v) is 8.74. The van der Waals surface area contributed by atoms with Crippen LogP contribution in [-0.2, 0) is 21.8 Å². The van der Waals surface area contributed by atoms with Crippen LogP contribution in [0.1, 0.15) is 31.9 Å². The highest BCUT2D eigenvalue weighted by Crippen LogP contribution is 2.33. The highest BCUT2D eigenvalue weighted by molar-refractivity contribution is 7.91. The number of sulfone groups is 1. The largest absolute Gasteiger partial charge is 0.334 e. The second-order valence-electron chi connectivity index (χ2n) is 6.51. The summed E-state index contributed by atoms with van der Waals surface area (Å²) in [6.07, 6.45) is 6.85. The summed E-state index contributed by atoms with van der Waals surface area (Å²) in [7, 11) is -2.80. The van der Waals surface area contributed by atoms with Crippen LogP contribution in [0.15, 0.2) is 12.5 Å². The molecular weight excluding hydrogens is 274 g/mol. The van der Waals surface area contributed by atoms with Crippen LogP contribution in [0.2, 0.25) is 0 Å². The molecule has 1 aromatic heterocycles. The summed E-state index contributed by atoms with van der Waals surface area (Å²) in [6.45, 7) is 5.17. The number of hydrogen-bond donors (Lipinski definition) is 1. The molecular formula is C14H23N3O2S. The van der Waals surface area contributed by atoms with Gasteiger partial charge in [-0.2, -0.15) is 0 Å². The molecule has 2 saturated heterocycles. The van der Waals surface area contributed by atoms with Crippen LogP contribution in [0.5, 0.6) is 0 Å². The molecule has 6 heteroatoms. The van der Waals surface area contributed by atoms with E-state index >= 15 is 0 Å². The minimum Gasteiger partial charge on any atom is -0.334 e. The molecule has 0 saturated carbocycles. The molecule has 1 aromatic rings. The van der Waals surface area contributed by atoms with Crippen LogP contribution >= 0.6 is 0 Å². The predicted octanol–water partition coefficient (Wildman–Crippen LogP) is 0.959. The molecule has 0 aromatic carbocycles. The van der Waals surface area contributed by atoms with E-state index < -0.39 is 9.84 Å². The monoisotopic (exact) mass is 297 g/mol. The van der Waals surface area contributed by atoms with Crippen LogP contribution in [0.3, 0.4) is 0 Å². The molecule has 0 amide bonds. The van der Waals surface area contributed by atoms with E-state index in [0.29, 0.717) is 11.5 Å². The molecule has 1 N–H and O–H groups in total. The Labute approximate surface area is 120 Å². The first-order chi connectivity index (χ1) is 9.49. The van der Waals surface area contributed by atoms with Crippen molar-refractivity contribution in [2.24, 2.45) is 5.92 Å². The van der Waals surface area contributed by atoms with E-state index in [9.17, 15) is 8.42 Å². The Kier molecular flexibility index (Phi) is 3.62. The third-order valence-electron chi connectivity index (χ3n) is 4.82. The summed E-state index contributed by atoms with van der Waals surface area (Å²) < 4.78 is 25.4. The Morgan fingerprint density at radius 2 is 2.20 bits per heavy atom. The van der Waals surface area contributed by atoms with Crippen LogP contribution in [0.25, 0.3) is 0 Å². The molecule has 0 radical (unpaired) electrons. The topological polar surface area (TPSA) is 64.0 Å². The fourth-order valence-electron chi connectivity index (χ4n) is 3.50. The number of imidazole rings is 1. The van der Waals surface area contributed by atoms with Crippen LogP contribution in [0, 0.1) is 5.92 Å². The zero-order chi connectivity index (χ0) is 14.2. The average Bonchev–Trinajstić information content (AvgIpc) is 2.98. The Morgan fingerprint density at radius 1 is 1.45 bits per heavy atom. The minimum absolute atomic E-state index is 0.166. The van der Waals surface area contributed by atoms with Gasteiger partial charge in [0, 0.05) is 23.9 Å². The Hall–Kier alpha value is -0.880. The van der Waals surface area contributed by atoms with E-state index in [4.69, 9.17) is 0 Å². The molecule has 3 heterocycles. The highest BCUT2D eigenvalue weighted by Gasteiger charge is 2.33. The van der Waals surface area contributed by atoms with E-state index in [1.165, 1.54) is 5.69 Å². The molecule has 2 aliphatic heterocycles. The predicted molar refractivity (Wildman–Crippen MR) is 78.4 cm³/mol. The third-order valence-corrected chi connectivity index (χ3v) is 6.66. The highest BCUT2D eigenvalue weighted by atomic mass is 32.2. The molecule has 0 aliphatic carbocycles. The maximum Gasteiger partial charge on any atom is 0.150 e. The van der Waals surface area contributed by atoms with Gasteiger partial charge >= 0.3 is 0 Å². The van der Waals surface area contributed by atoms with Crippen molar-refractivity contribution in [2.75, 3.05) is 24.6 Å². The van der Waals surface area contributed by atoms with E-state index in [0.717, 1.165) is 38.9 Å². The quantitative estimate of drug-likeness (QED) is 0.902. The maximum atomic E-state index is 11.6. The van der Waals surface area contributed by atoms with Gasteiger partial charge in [0.1, 0.15) is 0 Å². The van der Waals surface area contributed by atoms with Gasteiger partial charge < -0.3 is 9.88 Å². The minimum atomic E-state index is -2.80. The van der Waals surface area contributed by atoms with Gasteiger partial charge in [-0.1, -0.05) is 6.92 Å². The van der Waals surface area contributed by atoms with Crippen molar-refractivity contribution in [2.45, 2.75) is 38.1 Å². The number of nitrogens with one attached hydrogen (secondary N) is 1. The SMILES string of the molecule is CC1(c2cncn2CC2CCS(=O)(=O)C2)CCNCC1. The number of aromatic nitrogens is 2. The van der Waals surface area contributed by atoms with Gasteiger partial charge in [0.25, 0.3) is 0 Å². The van der Waals surface area contributed by atoms with Crippen molar-refractivity contribution in [1.82, 2.24) is 14.9 Å². The van der Waals surface area contributed by atoms with Crippen molar-refractivity contribution < 1.29 is 8.42 Å². The van der Waals surface area contributed by atoms with Crippen molar-refractivity contribution in [3.8, 4) is 0 Å². The Balaban J connectivity index is 1.77. The van der Waals surface area contributed by atoms with E-state index in [1.54, 1.807) is 0 Å². The van der Waals surface area contributed by atoms with E-state index in [2.05, 4.69) is 21.8 Å². The summed E-state index contributed by atoms with van der Waals surface area (Å²) in [5.74, 6) is 0.935. The van der Waals surface area contributed by atoms with Crippen LogP contribution < -0.4 is 5.32 Å². The molecule has 1 atom stereocenters. The summed E-state index contributed by atoms with van der Waals surface area (Å²) in [5, 5.41) is 3.40. The molecule has 0 spiro atoms. The molecule has 3 rings (SSSR count). The van der Waals surface area contributed by atoms with Crippen molar-refractivity contribution in [1.29, 1.82) is 0 Å². The van der Waals surface area contributed by atoms with Crippen LogP contribution in [-0.4, -0.2) is 42.6 Å². The number of hydrogen-bond acceptors (Lipinski definition) is 4. The Morgan fingerprint density at radius 3 is 2.85 bits per heavy atom.